The molecule has 3 aromatic carbocycles. The predicted octanol–water partition coefficient (Wildman–Crippen LogP) is 8.10. The van der Waals surface area contributed by atoms with Crippen LogP contribution in [-0.2, 0) is 13.0 Å². The van der Waals surface area contributed by atoms with Gasteiger partial charge in [0.25, 0.3) is 0 Å². The van der Waals surface area contributed by atoms with E-state index in [9.17, 15) is 0 Å². The summed E-state index contributed by atoms with van der Waals surface area (Å²) in [5.41, 5.74) is 5.90. The molecular weight excluding hydrogens is 481 g/mol. The van der Waals surface area contributed by atoms with Crippen LogP contribution in [0.1, 0.15) is 52.2 Å². The summed E-state index contributed by atoms with van der Waals surface area (Å²) in [4.78, 5) is 9.73. The van der Waals surface area contributed by atoms with Crippen LogP contribution in [0.2, 0.25) is 10.0 Å². The molecule has 0 N–H and O–H groups in total. The maximum Gasteiger partial charge on any atom is 0.113 e. The molecule has 1 unspecified atom stereocenters. The lowest BCUT2D eigenvalue weighted by molar-refractivity contribution is 0.670. The van der Waals surface area contributed by atoms with Gasteiger partial charge in [-0.25, -0.2) is 9.97 Å². The van der Waals surface area contributed by atoms with E-state index in [2.05, 4.69) is 52.0 Å². The van der Waals surface area contributed by atoms with Gasteiger partial charge in [0.15, 0.2) is 0 Å². The normalized spacial score (nSPS) is 14.5. The quantitative estimate of drug-likeness (QED) is 0.224. The molecule has 1 fully saturated rings. The van der Waals surface area contributed by atoms with Crippen molar-refractivity contribution in [1.82, 2.24) is 14.5 Å². The summed E-state index contributed by atoms with van der Waals surface area (Å²) in [6.45, 7) is 0.884. The van der Waals surface area contributed by atoms with Gasteiger partial charge in [0.1, 0.15) is 10.8 Å². The van der Waals surface area contributed by atoms with Crippen molar-refractivity contribution in [3.05, 3.63) is 116 Å². The lowest BCUT2D eigenvalue weighted by Crippen LogP contribution is -2.07. The maximum absolute atomic E-state index is 6.23. The molecule has 34 heavy (non-hydrogen) atoms. The van der Waals surface area contributed by atoms with E-state index in [1.54, 1.807) is 11.3 Å². The second-order valence-corrected chi connectivity index (χ2v) is 10.7. The molecule has 5 aromatic rings. The molecular formula is C28H23Cl2N3S. The third-order valence-corrected chi connectivity index (χ3v) is 7.82. The number of hydrogen-bond acceptors (Lipinski definition) is 3. The fraction of sp³-hybridized carbons (Fsp3) is 0.214. The fourth-order valence-electron chi connectivity index (χ4n) is 4.67. The van der Waals surface area contributed by atoms with Crippen molar-refractivity contribution in [3.63, 3.8) is 0 Å². The maximum atomic E-state index is 6.23. The Labute approximate surface area is 213 Å². The first kappa shape index (κ1) is 21.8. The van der Waals surface area contributed by atoms with Crippen molar-refractivity contribution in [2.45, 2.75) is 37.6 Å². The molecule has 170 valence electrons. The van der Waals surface area contributed by atoms with Crippen molar-refractivity contribution in [1.29, 1.82) is 0 Å². The number of imidazole rings is 1. The predicted molar refractivity (Wildman–Crippen MR) is 141 cm³/mol. The van der Waals surface area contributed by atoms with Gasteiger partial charge >= 0.3 is 0 Å². The van der Waals surface area contributed by atoms with Gasteiger partial charge in [0.2, 0.25) is 0 Å². The molecule has 1 atom stereocenters. The van der Waals surface area contributed by atoms with Crippen molar-refractivity contribution in [2.24, 2.45) is 0 Å². The fourth-order valence-corrected chi connectivity index (χ4v) is 5.80. The Morgan fingerprint density at radius 2 is 1.76 bits per heavy atom. The number of aryl methyl sites for hydroxylation is 2. The summed E-state index contributed by atoms with van der Waals surface area (Å²) in [6.07, 6.45) is 5.24. The van der Waals surface area contributed by atoms with Crippen molar-refractivity contribution >= 4 is 45.6 Å². The number of hydrogen-bond donors (Lipinski definition) is 0. The minimum absolute atomic E-state index is 0.0577. The van der Waals surface area contributed by atoms with Gasteiger partial charge in [-0.15, -0.1) is 11.3 Å². The van der Waals surface area contributed by atoms with Crippen LogP contribution in [0.15, 0.2) is 78.3 Å². The highest BCUT2D eigenvalue weighted by molar-refractivity contribution is 7.09. The van der Waals surface area contributed by atoms with E-state index >= 15 is 0 Å². The van der Waals surface area contributed by atoms with Crippen LogP contribution >= 0.6 is 34.5 Å². The molecule has 0 bridgehead atoms. The summed E-state index contributed by atoms with van der Waals surface area (Å²) >= 11 is 14.1. The molecule has 0 amide bonds. The first-order valence-electron chi connectivity index (χ1n) is 11.5. The average molecular weight is 504 g/mol. The second kappa shape index (κ2) is 9.18. The smallest absolute Gasteiger partial charge is 0.113 e. The Morgan fingerprint density at radius 1 is 0.941 bits per heavy atom. The van der Waals surface area contributed by atoms with Gasteiger partial charge in [-0.1, -0.05) is 53.5 Å². The van der Waals surface area contributed by atoms with Gasteiger partial charge in [0, 0.05) is 34.1 Å². The summed E-state index contributed by atoms with van der Waals surface area (Å²) in [5, 5.41) is 4.64. The molecule has 0 saturated heterocycles. The largest absolute Gasteiger partial charge is 0.327 e. The third-order valence-electron chi connectivity index (χ3n) is 6.49. The standard InChI is InChI=1S/C28H23Cl2N3S/c29-22-9-6-19(7-10-22)26(28-31-13-15-34-28)21-8-11-24-25(17-21)33(27(32-24)20-4-5-20)14-12-18-2-1-3-23(30)16-18/h1-3,6-11,13,15-17,20,26H,4-5,12,14H2. The number of benzene rings is 3. The number of aromatic nitrogens is 3. The number of fused-ring (bicyclic) bond motifs is 1. The van der Waals surface area contributed by atoms with Gasteiger partial charge in [0.05, 0.1) is 17.0 Å². The second-order valence-electron chi connectivity index (χ2n) is 8.88. The Morgan fingerprint density at radius 3 is 2.50 bits per heavy atom. The molecule has 6 heteroatoms. The molecule has 0 aliphatic heterocycles. The number of halogens is 2. The van der Waals surface area contributed by atoms with E-state index in [-0.39, 0.29) is 5.92 Å². The Kier molecular flexibility index (Phi) is 5.90. The number of rotatable bonds is 7. The number of thiazole rings is 1. The van der Waals surface area contributed by atoms with Crippen LogP contribution in [0.25, 0.3) is 11.0 Å². The first-order chi connectivity index (χ1) is 16.7. The summed E-state index contributed by atoms with van der Waals surface area (Å²) in [5.74, 6) is 1.84. The monoisotopic (exact) mass is 503 g/mol. The minimum Gasteiger partial charge on any atom is -0.327 e. The molecule has 1 aliphatic rings. The van der Waals surface area contributed by atoms with E-state index in [1.165, 1.54) is 40.9 Å². The van der Waals surface area contributed by atoms with Crippen LogP contribution in [0.3, 0.4) is 0 Å². The van der Waals surface area contributed by atoms with Crippen molar-refractivity contribution < 1.29 is 0 Å². The van der Waals surface area contributed by atoms with Crippen molar-refractivity contribution in [2.75, 3.05) is 0 Å². The van der Waals surface area contributed by atoms with Gasteiger partial charge < -0.3 is 4.57 Å². The zero-order chi connectivity index (χ0) is 23.1. The topological polar surface area (TPSA) is 30.7 Å². The molecule has 2 heterocycles. The molecule has 1 aliphatic carbocycles. The molecule has 3 nitrogen and oxygen atoms in total. The van der Waals surface area contributed by atoms with Crippen LogP contribution < -0.4 is 0 Å². The molecule has 2 aromatic heterocycles. The first-order valence-corrected chi connectivity index (χ1v) is 13.2. The lowest BCUT2D eigenvalue weighted by Gasteiger charge is -2.17. The summed E-state index contributed by atoms with van der Waals surface area (Å²) in [6, 6.07) is 22.9. The van der Waals surface area contributed by atoms with Crippen LogP contribution in [0.5, 0.6) is 0 Å². The number of nitrogens with zero attached hydrogens (tertiary/aromatic N) is 3. The zero-order valence-electron chi connectivity index (χ0n) is 18.5. The highest BCUT2D eigenvalue weighted by Crippen LogP contribution is 2.42. The van der Waals surface area contributed by atoms with Gasteiger partial charge in [-0.05, 0) is 72.4 Å². The van der Waals surface area contributed by atoms with E-state index in [0.717, 1.165) is 33.5 Å². The van der Waals surface area contributed by atoms with E-state index < -0.39 is 0 Å². The van der Waals surface area contributed by atoms with E-state index in [4.69, 9.17) is 28.2 Å². The lowest BCUT2D eigenvalue weighted by atomic mass is 9.91. The van der Waals surface area contributed by atoms with Crippen molar-refractivity contribution in [3.8, 4) is 0 Å². The molecule has 0 radical (unpaired) electrons. The average Bonchev–Trinajstić information content (AvgIpc) is 3.42. The van der Waals surface area contributed by atoms with E-state index in [1.807, 2.05) is 35.8 Å². The highest BCUT2D eigenvalue weighted by Gasteiger charge is 2.30. The molecule has 1 saturated carbocycles. The Bertz CT molecular complexity index is 1440. The van der Waals surface area contributed by atoms with Crippen LogP contribution in [0.4, 0.5) is 0 Å². The third kappa shape index (κ3) is 4.38. The van der Waals surface area contributed by atoms with Gasteiger partial charge in [-0.3, -0.25) is 0 Å². The molecule has 0 spiro atoms. The van der Waals surface area contributed by atoms with Crippen LogP contribution in [-0.4, -0.2) is 14.5 Å². The van der Waals surface area contributed by atoms with Crippen LogP contribution in [0, 0.1) is 0 Å². The van der Waals surface area contributed by atoms with E-state index in [0.29, 0.717) is 5.92 Å². The SMILES string of the molecule is Clc1ccc(C(c2ccc3nc(C4CC4)n(CCc4cccc(Cl)c4)c3c2)c2nccs2)cc1. The molecule has 6 rings (SSSR count). The summed E-state index contributed by atoms with van der Waals surface area (Å²) < 4.78 is 2.43. The Hall–Kier alpha value is -2.66. The minimum atomic E-state index is 0.0577. The Balaban J connectivity index is 1.43. The highest BCUT2D eigenvalue weighted by atomic mass is 35.5. The zero-order valence-corrected chi connectivity index (χ0v) is 20.8. The summed E-state index contributed by atoms with van der Waals surface area (Å²) in [7, 11) is 0. The van der Waals surface area contributed by atoms with Gasteiger partial charge in [-0.2, -0.15) is 0 Å².